The number of fused-ring (bicyclic) bond motifs is 6. The van der Waals surface area contributed by atoms with Crippen molar-refractivity contribution in [3.05, 3.63) is 99.7 Å². The Bertz CT molecular complexity index is 1600. The Kier molecular flexibility index (Phi) is 4.68. The number of nitrogens with zero attached hydrogens (tertiary/aromatic N) is 3. The molecular formula is C28H19N3O7. The number of nitro benzene ring substituents is 1. The van der Waals surface area contributed by atoms with Gasteiger partial charge in [-0.05, 0) is 29.3 Å². The van der Waals surface area contributed by atoms with Gasteiger partial charge in [0.1, 0.15) is 6.04 Å². The van der Waals surface area contributed by atoms with Crippen LogP contribution in [0, 0.1) is 22.0 Å². The van der Waals surface area contributed by atoms with E-state index in [1.165, 1.54) is 24.3 Å². The third kappa shape index (κ3) is 3.03. The molecule has 0 unspecified atom stereocenters. The molecule has 4 heterocycles. The van der Waals surface area contributed by atoms with E-state index < -0.39 is 46.4 Å². The van der Waals surface area contributed by atoms with Gasteiger partial charge in [-0.2, -0.15) is 0 Å². The van der Waals surface area contributed by atoms with Gasteiger partial charge >= 0.3 is 0 Å². The van der Waals surface area contributed by atoms with Gasteiger partial charge in [0.05, 0.1) is 28.5 Å². The summed E-state index contributed by atoms with van der Waals surface area (Å²) in [4.78, 5) is 55.6. The maximum atomic E-state index is 14.0. The predicted octanol–water partition coefficient (Wildman–Crippen LogP) is 3.72. The molecule has 0 bridgehead atoms. The van der Waals surface area contributed by atoms with Gasteiger partial charge in [0.25, 0.3) is 5.69 Å². The molecular weight excluding hydrogens is 490 g/mol. The van der Waals surface area contributed by atoms with Crippen LogP contribution in [-0.2, 0) is 9.59 Å². The summed E-state index contributed by atoms with van der Waals surface area (Å²) in [6, 6.07) is 16.3. The fourth-order valence-corrected chi connectivity index (χ4v) is 6.08. The molecule has 10 nitrogen and oxygen atoms in total. The topological polar surface area (TPSA) is 119 Å². The van der Waals surface area contributed by atoms with Crippen LogP contribution in [0.15, 0.2) is 72.9 Å². The maximum Gasteiger partial charge on any atom is 0.270 e. The van der Waals surface area contributed by atoms with Crippen LogP contribution >= 0.6 is 0 Å². The standard InChI is InChI=1S/C28H19N3O7/c32-26(16-5-3-6-18(12-16)31(35)36)25-23-22(24-19-7-2-1-4-15(19)10-11-29(24)25)27(33)30(28(23)34)17-8-9-20-21(13-17)38-14-37-20/h1-13,22-25H,14H2/t22-,23-,24+,25+/m1/s1. The van der Waals surface area contributed by atoms with Crippen molar-refractivity contribution in [1.82, 2.24) is 4.90 Å². The van der Waals surface area contributed by atoms with E-state index in [9.17, 15) is 24.5 Å². The number of anilines is 1. The number of hydrogen-bond acceptors (Lipinski definition) is 8. The number of ketones is 1. The first-order valence-electron chi connectivity index (χ1n) is 12.0. The summed E-state index contributed by atoms with van der Waals surface area (Å²) >= 11 is 0. The molecule has 10 heteroatoms. The van der Waals surface area contributed by atoms with Crippen molar-refractivity contribution in [1.29, 1.82) is 0 Å². The molecule has 0 saturated carbocycles. The smallest absolute Gasteiger partial charge is 0.270 e. The Morgan fingerprint density at radius 3 is 2.55 bits per heavy atom. The van der Waals surface area contributed by atoms with Crippen molar-refractivity contribution < 1.29 is 28.8 Å². The highest BCUT2D eigenvalue weighted by Gasteiger charge is 2.64. The van der Waals surface area contributed by atoms with Crippen molar-refractivity contribution in [2.45, 2.75) is 12.1 Å². The molecule has 2 amide bonds. The highest BCUT2D eigenvalue weighted by molar-refractivity contribution is 6.24. The van der Waals surface area contributed by atoms with Gasteiger partial charge in [-0.3, -0.25) is 24.5 Å². The number of amides is 2. The number of imide groups is 1. The van der Waals surface area contributed by atoms with Gasteiger partial charge in [-0.15, -0.1) is 0 Å². The molecule has 0 radical (unpaired) electrons. The zero-order valence-corrected chi connectivity index (χ0v) is 19.7. The molecule has 0 aliphatic carbocycles. The average Bonchev–Trinajstić information content (AvgIpc) is 3.61. The first kappa shape index (κ1) is 22.2. The van der Waals surface area contributed by atoms with Gasteiger partial charge in [-0.25, -0.2) is 4.90 Å². The highest BCUT2D eigenvalue weighted by atomic mass is 16.7. The summed E-state index contributed by atoms with van der Waals surface area (Å²) in [5.74, 6) is -2.23. The van der Waals surface area contributed by atoms with Crippen molar-refractivity contribution in [2.24, 2.45) is 11.8 Å². The summed E-state index contributed by atoms with van der Waals surface area (Å²) < 4.78 is 10.8. The number of non-ortho nitro benzene ring substituents is 1. The lowest BCUT2D eigenvalue weighted by Gasteiger charge is -2.35. The van der Waals surface area contributed by atoms with Crippen LogP contribution in [0.1, 0.15) is 27.5 Å². The highest BCUT2D eigenvalue weighted by Crippen LogP contribution is 2.54. The molecule has 3 aromatic carbocycles. The fourth-order valence-electron chi connectivity index (χ4n) is 6.08. The number of carbonyl (C=O) groups excluding carboxylic acids is 3. The number of hydrogen-bond donors (Lipinski definition) is 0. The first-order chi connectivity index (χ1) is 18.4. The van der Waals surface area contributed by atoms with E-state index in [2.05, 4.69) is 0 Å². The monoisotopic (exact) mass is 509 g/mol. The second-order valence-electron chi connectivity index (χ2n) is 9.55. The quantitative estimate of drug-likeness (QED) is 0.226. The Balaban J connectivity index is 1.35. The van der Waals surface area contributed by atoms with Crippen molar-refractivity contribution in [3.8, 4) is 11.5 Å². The molecule has 0 aromatic heterocycles. The van der Waals surface area contributed by atoms with Crippen LogP contribution in [0.5, 0.6) is 11.5 Å². The molecule has 188 valence electrons. The van der Waals surface area contributed by atoms with E-state index in [1.807, 2.05) is 30.3 Å². The van der Waals surface area contributed by atoms with E-state index in [0.29, 0.717) is 17.2 Å². The molecule has 2 fully saturated rings. The predicted molar refractivity (Wildman–Crippen MR) is 133 cm³/mol. The number of nitro groups is 1. The molecule has 0 spiro atoms. The molecule has 38 heavy (non-hydrogen) atoms. The average molecular weight is 509 g/mol. The summed E-state index contributed by atoms with van der Waals surface area (Å²) in [5.41, 5.74) is 1.96. The fraction of sp³-hybridized carbons (Fsp3) is 0.179. The molecule has 7 rings (SSSR count). The third-order valence-electron chi connectivity index (χ3n) is 7.69. The van der Waals surface area contributed by atoms with Gasteiger partial charge in [0.15, 0.2) is 17.3 Å². The third-order valence-corrected chi connectivity index (χ3v) is 7.69. The molecule has 2 saturated heterocycles. The van der Waals surface area contributed by atoms with Crippen LogP contribution in [0.3, 0.4) is 0 Å². The lowest BCUT2D eigenvalue weighted by molar-refractivity contribution is -0.384. The Morgan fingerprint density at radius 2 is 1.71 bits per heavy atom. The van der Waals surface area contributed by atoms with E-state index >= 15 is 0 Å². The second-order valence-corrected chi connectivity index (χ2v) is 9.55. The molecule has 3 aromatic rings. The number of rotatable bonds is 4. The summed E-state index contributed by atoms with van der Waals surface area (Å²) in [7, 11) is 0. The van der Waals surface area contributed by atoms with Gasteiger partial charge in [0.2, 0.25) is 18.6 Å². The normalized spacial score (nSPS) is 24.3. The zero-order valence-electron chi connectivity index (χ0n) is 19.7. The Morgan fingerprint density at radius 1 is 0.921 bits per heavy atom. The second kappa shape index (κ2) is 8.01. The van der Waals surface area contributed by atoms with E-state index in [4.69, 9.17) is 9.47 Å². The first-order valence-corrected chi connectivity index (χ1v) is 12.0. The van der Waals surface area contributed by atoms with Crippen LogP contribution in [0.4, 0.5) is 11.4 Å². The maximum absolute atomic E-state index is 14.0. The molecule has 0 N–H and O–H groups in total. The summed E-state index contributed by atoms with van der Waals surface area (Å²) in [5, 5.41) is 11.4. The zero-order chi connectivity index (χ0) is 26.1. The van der Waals surface area contributed by atoms with Crippen LogP contribution in [0.25, 0.3) is 6.08 Å². The number of benzene rings is 3. The van der Waals surface area contributed by atoms with Crippen molar-refractivity contribution >= 4 is 35.0 Å². The van der Waals surface area contributed by atoms with Gasteiger partial charge in [-0.1, -0.05) is 36.4 Å². The molecule has 4 aliphatic heterocycles. The number of carbonyl (C=O) groups is 3. The summed E-state index contributed by atoms with van der Waals surface area (Å²) in [6.07, 6.45) is 3.60. The van der Waals surface area contributed by atoms with Crippen LogP contribution < -0.4 is 14.4 Å². The van der Waals surface area contributed by atoms with Crippen LogP contribution in [0.2, 0.25) is 0 Å². The van der Waals surface area contributed by atoms with E-state index in [-0.39, 0.29) is 18.0 Å². The lowest BCUT2D eigenvalue weighted by Crippen LogP contribution is -2.44. The molecule has 4 atom stereocenters. The SMILES string of the molecule is O=C(c1cccc([N+](=O)[O-])c1)[C@@H]1[C@@H]2C(=O)N(c3ccc4c(c3)OCO4)C(=O)[C@H]2[C@@H]2c3ccccc3C=CN12. The minimum absolute atomic E-state index is 0.0475. The van der Waals surface area contributed by atoms with Crippen molar-refractivity contribution in [2.75, 3.05) is 11.7 Å². The Hall–Kier alpha value is -4.99. The number of Topliss-reactive ketones (excluding diaryl/α,β-unsaturated/α-hetero) is 1. The van der Waals surface area contributed by atoms with E-state index in [1.54, 1.807) is 29.3 Å². The van der Waals surface area contributed by atoms with Gasteiger partial charge < -0.3 is 14.4 Å². The van der Waals surface area contributed by atoms with Crippen LogP contribution in [-0.4, -0.2) is 40.3 Å². The Labute approximate surface area is 215 Å². The summed E-state index contributed by atoms with van der Waals surface area (Å²) in [6.45, 7) is 0.0475. The van der Waals surface area contributed by atoms with Crippen molar-refractivity contribution in [3.63, 3.8) is 0 Å². The minimum Gasteiger partial charge on any atom is -0.454 e. The lowest BCUT2D eigenvalue weighted by atomic mass is 9.83. The number of ether oxygens (including phenoxy) is 2. The van der Waals surface area contributed by atoms with Gasteiger partial charge in [0, 0.05) is 30.0 Å². The minimum atomic E-state index is -1.02. The molecule has 4 aliphatic rings. The van der Waals surface area contributed by atoms with E-state index in [0.717, 1.165) is 16.0 Å². The largest absolute Gasteiger partial charge is 0.454 e.